The van der Waals surface area contributed by atoms with Crippen molar-refractivity contribution in [1.82, 2.24) is 14.5 Å². The molecule has 4 aromatic rings. The number of ether oxygens (including phenoxy) is 1. The fourth-order valence-electron chi connectivity index (χ4n) is 4.43. The molecule has 0 aliphatic carbocycles. The lowest BCUT2D eigenvalue weighted by Gasteiger charge is -2.23. The Labute approximate surface area is 220 Å². The van der Waals surface area contributed by atoms with Crippen molar-refractivity contribution in [1.29, 1.82) is 0 Å². The summed E-state index contributed by atoms with van der Waals surface area (Å²) in [7, 11) is -2.97. The van der Waals surface area contributed by atoms with Crippen molar-refractivity contribution in [3.8, 4) is 17.0 Å². The Morgan fingerprint density at radius 1 is 1.03 bits per heavy atom. The molecule has 0 saturated carbocycles. The van der Waals surface area contributed by atoms with Gasteiger partial charge in [-0.1, -0.05) is 49.4 Å². The molecule has 2 heterocycles. The van der Waals surface area contributed by atoms with E-state index in [4.69, 9.17) is 4.74 Å². The molecule has 0 radical (unpaired) electrons. The maximum Gasteiger partial charge on any atom is 0.277 e. The molecule has 2 aromatic heterocycles. The van der Waals surface area contributed by atoms with Gasteiger partial charge in [-0.25, -0.2) is 13.4 Å². The predicted molar refractivity (Wildman–Crippen MR) is 140 cm³/mol. The molecule has 0 aliphatic heterocycles. The maximum absolute atomic E-state index is 13.8. The van der Waals surface area contributed by atoms with Crippen molar-refractivity contribution in [2.45, 2.75) is 42.5 Å². The number of sulfone groups is 1. The second kappa shape index (κ2) is 11.2. The van der Waals surface area contributed by atoms with E-state index in [2.05, 4.69) is 9.97 Å². The van der Waals surface area contributed by atoms with Gasteiger partial charge in [-0.2, -0.15) is 9.37 Å². The monoisotopic (exact) mass is 537 g/mol. The summed E-state index contributed by atoms with van der Waals surface area (Å²) >= 11 is 0. The number of hydrogen-bond donors (Lipinski definition) is 1. The molecule has 198 valence electrons. The van der Waals surface area contributed by atoms with Gasteiger partial charge in [-0.15, -0.1) is 0 Å². The number of aryl methyl sites for hydroxylation is 2. The number of halogens is 1. The van der Waals surface area contributed by atoms with E-state index in [1.807, 2.05) is 37.3 Å². The van der Waals surface area contributed by atoms with Crippen LogP contribution < -0.4 is 5.56 Å². The highest BCUT2D eigenvalue weighted by atomic mass is 32.2. The van der Waals surface area contributed by atoms with Gasteiger partial charge < -0.3 is 9.84 Å². The van der Waals surface area contributed by atoms with Crippen LogP contribution in [0, 0.1) is 12.9 Å². The molecule has 0 aliphatic rings. The first kappa shape index (κ1) is 27.2. The van der Waals surface area contributed by atoms with E-state index in [0.717, 1.165) is 5.56 Å². The number of hydrogen-bond acceptors (Lipinski definition) is 7. The molecule has 10 heteroatoms. The normalized spacial score (nSPS) is 12.4. The lowest BCUT2D eigenvalue weighted by atomic mass is 10.1. The highest BCUT2D eigenvalue weighted by Crippen LogP contribution is 2.30. The van der Waals surface area contributed by atoms with Crippen molar-refractivity contribution >= 4 is 9.84 Å². The largest absolute Gasteiger partial charge is 0.492 e. The van der Waals surface area contributed by atoms with Crippen LogP contribution in [0.2, 0.25) is 0 Å². The first-order chi connectivity index (χ1) is 18.2. The van der Waals surface area contributed by atoms with Gasteiger partial charge in [-0.05, 0) is 48.7 Å². The van der Waals surface area contributed by atoms with Crippen molar-refractivity contribution in [2.24, 2.45) is 0 Å². The molecular weight excluding hydrogens is 509 g/mol. The maximum atomic E-state index is 13.8. The van der Waals surface area contributed by atoms with Crippen molar-refractivity contribution in [2.75, 3.05) is 13.7 Å². The van der Waals surface area contributed by atoms with E-state index >= 15 is 0 Å². The van der Waals surface area contributed by atoms with Crippen LogP contribution in [-0.2, 0) is 21.0 Å². The van der Waals surface area contributed by atoms with Crippen molar-refractivity contribution in [3.05, 3.63) is 100 Å². The summed E-state index contributed by atoms with van der Waals surface area (Å²) in [6.07, 6.45) is 0.960. The first-order valence-corrected chi connectivity index (χ1v) is 13.5. The van der Waals surface area contributed by atoms with E-state index in [-0.39, 0.29) is 17.3 Å². The summed E-state index contributed by atoms with van der Waals surface area (Å²) in [5, 5.41) is 10.7. The molecule has 38 heavy (non-hydrogen) atoms. The number of rotatable bonds is 9. The van der Waals surface area contributed by atoms with Crippen LogP contribution in [0.15, 0.2) is 81.3 Å². The van der Waals surface area contributed by atoms with Crippen LogP contribution in [0.3, 0.4) is 0 Å². The molecule has 0 unspecified atom stereocenters. The van der Waals surface area contributed by atoms with E-state index in [1.54, 1.807) is 25.1 Å². The zero-order valence-electron chi connectivity index (χ0n) is 21.3. The Hall–Kier alpha value is -3.89. The fraction of sp³-hybridized carbons (Fsp3) is 0.250. The van der Waals surface area contributed by atoms with E-state index in [0.29, 0.717) is 29.7 Å². The Balaban J connectivity index is 1.86. The van der Waals surface area contributed by atoms with Crippen LogP contribution in [0.1, 0.15) is 36.5 Å². The molecule has 2 aromatic carbocycles. The molecule has 1 atom stereocenters. The molecule has 8 nitrogen and oxygen atoms in total. The minimum Gasteiger partial charge on any atom is -0.492 e. The quantitative estimate of drug-likeness (QED) is 0.313. The predicted octanol–water partition coefficient (Wildman–Crippen LogP) is 4.48. The summed E-state index contributed by atoms with van der Waals surface area (Å²) < 4.78 is 47.4. The Morgan fingerprint density at radius 2 is 1.71 bits per heavy atom. The third kappa shape index (κ3) is 5.23. The first-order valence-electron chi connectivity index (χ1n) is 12.1. The standard InChI is InChI=1S/C28H28FN3O5S/c1-4-8-25-31-27(33)26(28(34)32(25)23(17-37-3)20-9-6-5-7-10-20)38(35,36)21-13-11-19(12-14-21)22-15-16-24(29)30-18(22)2/h5-7,9-16,23,33H,4,8,17H2,1-3H3/t23-/m0/s1. The zero-order chi connectivity index (χ0) is 27.4. The molecule has 0 spiro atoms. The van der Waals surface area contributed by atoms with Gasteiger partial charge in [0.05, 0.1) is 17.5 Å². The summed E-state index contributed by atoms with van der Waals surface area (Å²) in [6, 6.07) is 17.0. The Bertz CT molecular complexity index is 1600. The van der Waals surface area contributed by atoms with E-state index in [9.17, 15) is 22.7 Å². The van der Waals surface area contributed by atoms with Crippen LogP contribution in [0.4, 0.5) is 4.39 Å². The van der Waals surface area contributed by atoms with Gasteiger partial charge in [0.15, 0.2) is 4.90 Å². The lowest BCUT2D eigenvalue weighted by molar-refractivity contribution is 0.165. The summed E-state index contributed by atoms with van der Waals surface area (Å²) in [5.41, 5.74) is 1.56. The fourth-order valence-corrected chi connectivity index (χ4v) is 5.77. The van der Waals surface area contributed by atoms with Gasteiger partial charge in [0.25, 0.3) is 5.56 Å². The average molecular weight is 538 g/mol. The van der Waals surface area contributed by atoms with Crippen LogP contribution in [-0.4, -0.2) is 41.8 Å². The van der Waals surface area contributed by atoms with Gasteiger partial charge >= 0.3 is 0 Å². The molecule has 0 amide bonds. The lowest BCUT2D eigenvalue weighted by Crippen LogP contribution is -2.35. The number of nitrogens with zero attached hydrogens (tertiary/aromatic N) is 3. The number of aromatic nitrogens is 3. The van der Waals surface area contributed by atoms with Crippen molar-refractivity contribution in [3.63, 3.8) is 0 Å². The number of methoxy groups -OCH3 is 1. The zero-order valence-corrected chi connectivity index (χ0v) is 22.1. The van der Waals surface area contributed by atoms with Crippen LogP contribution in [0.5, 0.6) is 5.88 Å². The molecule has 0 fully saturated rings. The third-order valence-electron chi connectivity index (χ3n) is 6.22. The van der Waals surface area contributed by atoms with Crippen molar-refractivity contribution < 1.29 is 22.7 Å². The van der Waals surface area contributed by atoms with E-state index < -0.39 is 38.2 Å². The number of aromatic hydroxyl groups is 1. The molecule has 0 saturated heterocycles. The van der Waals surface area contributed by atoms with Gasteiger partial charge in [0, 0.05) is 24.8 Å². The minimum absolute atomic E-state index is 0.0896. The van der Waals surface area contributed by atoms with Gasteiger partial charge in [-0.3, -0.25) is 9.36 Å². The molecule has 0 bridgehead atoms. The molecular formula is C28H28FN3O5S. The summed E-state index contributed by atoms with van der Waals surface area (Å²) in [4.78, 5) is 20.8. The van der Waals surface area contributed by atoms with Crippen LogP contribution in [0.25, 0.3) is 11.1 Å². The third-order valence-corrected chi connectivity index (χ3v) is 8.01. The van der Waals surface area contributed by atoms with E-state index in [1.165, 1.54) is 29.9 Å². The highest BCUT2D eigenvalue weighted by molar-refractivity contribution is 7.91. The molecule has 1 N–H and O–H groups in total. The summed E-state index contributed by atoms with van der Waals surface area (Å²) in [5.74, 6) is -1.20. The Morgan fingerprint density at radius 3 is 2.32 bits per heavy atom. The number of benzene rings is 2. The molecule has 4 rings (SSSR count). The topological polar surface area (TPSA) is 111 Å². The highest BCUT2D eigenvalue weighted by Gasteiger charge is 2.32. The second-order valence-electron chi connectivity index (χ2n) is 8.78. The van der Waals surface area contributed by atoms with Gasteiger partial charge in [0.2, 0.25) is 21.7 Å². The van der Waals surface area contributed by atoms with Gasteiger partial charge in [0.1, 0.15) is 5.82 Å². The second-order valence-corrected chi connectivity index (χ2v) is 10.7. The summed E-state index contributed by atoms with van der Waals surface area (Å²) in [6.45, 7) is 3.63. The minimum atomic E-state index is -4.46. The number of pyridine rings is 1. The smallest absolute Gasteiger partial charge is 0.277 e. The Kier molecular flexibility index (Phi) is 8.03. The SMILES string of the molecule is CCCc1nc(O)c(S(=O)(=O)c2ccc(-c3ccc(F)nc3C)cc2)c(=O)n1[C@@H](COC)c1ccccc1. The average Bonchev–Trinajstić information content (AvgIpc) is 2.88. The van der Waals surface area contributed by atoms with Crippen LogP contribution >= 0.6 is 0 Å².